The fourth-order valence-corrected chi connectivity index (χ4v) is 7.38. The van der Waals surface area contributed by atoms with Crippen LogP contribution in [-0.2, 0) is 66.2 Å². The van der Waals surface area contributed by atoms with Gasteiger partial charge in [-0.1, -0.05) is 23.6 Å². The number of rotatable bonds is 8. The molecule has 0 spiro atoms. The molecule has 2 radical (unpaired) electrons. The van der Waals surface area contributed by atoms with Crippen LogP contribution in [0.3, 0.4) is 0 Å². The van der Waals surface area contributed by atoms with E-state index >= 15 is 0 Å². The van der Waals surface area contributed by atoms with Crippen LogP contribution in [0, 0.1) is 0 Å². The van der Waals surface area contributed by atoms with Crippen molar-refractivity contribution in [3.05, 3.63) is 0 Å². The molecule has 0 aliphatic rings. The van der Waals surface area contributed by atoms with E-state index in [0.29, 0.717) is 0 Å². The van der Waals surface area contributed by atoms with Gasteiger partial charge in [0.2, 0.25) is 0 Å². The van der Waals surface area contributed by atoms with Crippen molar-refractivity contribution in [1.82, 2.24) is 0 Å². The third kappa shape index (κ3) is 24.6. The summed E-state index contributed by atoms with van der Waals surface area (Å²) in [6, 6.07) is 0. The van der Waals surface area contributed by atoms with Gasteiger partial charge in [-0.05, 0) is 55.4 Å². The maximum atomic E-state index is 5.27. The van der Waals surface area contributed by atoms with Crippen molar-refractivity contribution in [3.8, 4) is 0 Å². The van der Waals surface area contributed by atoms with E-state index in [-0.39, 0.29) is 48.3 Å². The topological polar surface area (TPSA) is 36.9 Å². The van der Waals surface area contributed by atoms with Crippen LogP contribution in [0.1, 0.15) is 55.4 Å². The van der Waals surface area contributed by atoms with Crippen molar-refractivity contribution in [2.24, 2.45) is 0 Å². The van der Waals surface area contributed by atoms with E-state index in [4.69, 9.17) is 66.2 Å². The molecule has 0 fully saturated rings. The van der Waals surface area contributed by atoms with Crippen molar-refractivity contribution in [1.29, 1.82) is 0 Å². The van der Waals surface area contributed by atoms with E-state index in [1.807, 2.05) is 55.4 Å². The molecule has 0 bridgehead atoms. The third-order valence-corrected chi connectivity index (χ3v) is 6.14. The molecule has 0 N–H and O–H groups in total. The molecule has 11 heteroatoms. The second-order valence-corrected chi connectivity index (χ2v) is 15.3. The van der Waals surface area contributed by atoms with Crippen LogP contribution < -0.4 is 0 Å². The Morgan fingerprint density at radius 2 is 0.696 bits per heavy atom. The first-order chi connectivity index (χ1) is 9.67. The predicted octanol–water partition coefficient (Wildman–Crippen LogP) is 4.83. The maximum Gasteiger partial charge on any atom is 2.00 e. The van der Waals surface area contributed by atoms with Crippen molar-refractivity contribution in [3.63, 3.8) is 0 Å². The summed E-state index contributed by atoms with van der Waals surface area (Å²) in [5, 5.41) is 0. The first kappa shape index (κ1) is 30.4. The molecule has 23 heavy (non-hydrogen) atoms. The van der Waals surface area contributed by atoms with Crippen molar-refractivity contribution in [2.45, 2.75) is 79.8 Å². The van der Waals surface area contributed by atoms with Crippen LogP contribution in [0.2, 0.25) is 0 Å². The minimum Gasteiger partial charge on any atom is -0.691 e. The molecule has 0 aliphatic carbocycles. The predicted molar refractivity (Wildman–Crippen MR) is 114 cm³/mol. The maximum absolute atomic E-state index is 5.27. The molecule has 0 aliphatic heterocycles. The molecule has 138 valence electrons. The Hall–Kier alpha value is 2.64. The summed E-state index contributed by atoms with van der Waals surface area (Å²) in [6.07, 6.45) is 0.211. The Morgan fingerprint density at radius 1 is 0.565 bits per heavy atom. The average Bonchev–Trinajstić information content (AvgIpc) is 2.06. The fraction of sp³-hybridized carbons (Fsp3) is 1.00. The average molecular weight is 545 g/mol. The molecule has 0 amide bonds. The summed E-state index contributed by atoms with van der Waals surface area (Å²) in [4.78, 5) is 0. The molecule has 0 aromatic carbocycles. The number of hydrogen-bond donors (Lipinski definition) is 0. The summed E-state index contributed by atoms with van der Waals surface area (Å²) in [5.41, 5.74) is -4.78. The minimum absolute atomic E-state index is 0. The Labute approximate surface area is 180 Å². The Balaban J connectivity index is -0.000000333. The zero-order valence-electron chi connectivity index (χ0n) is 15.0. The molecule has 0 atom stereocenters. The van der Waals surface area contributed by atoms with Crippen molar-refractivity contribution < 1.29 is 18.1 Å². The summed E-state index contributed by atoms with van der Waals surface area (Å²) in [6.45, 7) is 15.2. The van der Waals surface area contributed by atoms with Gasteiger partial charge in [0.15, 0.2) is 0 Å². The van der Waals surface area contributed by atoms with Crippen LogP contribution in [0.25, 0.3) is 0 Å². The minimum atomic E-state index is -2.39. The molecule has 0 saturated carbocycles. The van der Waals surface area contributed by atoms with Crippen LogP contribution in [0.15, 0.2) is 0 Å². The molecule has 0 rings (SSSR count). The smallest absolute Gasteiger partial charge is 0.691 e. The zero-order chi connectivity index (χ0) is 18.1. The van der Waals surface area contributed by atoms with Gasteiger partial charge in [0.25, 0.3) is 0 Å². The van der Waals surface area contributed by atoms with Gasteiger partial charge in [-0.25, -0.2) is 0 Å². The van der Waals surface area contributed by atoms with Gasteiger partial charge < -0.3 is 42.6 Å². The van der Waals surface area contributed by atoms with Gasteiger partial charge >= 0.3 is 23.9 Å². The molecule has 0 aromatic rings. The molecular formula is C12H28O4P2S4Sn. The largest absolute Gasteiger partial charge is 2.00 e. The Bertz CT molecular complexity index is 331. The van der Waals surface area contributed by atoms with Gasteiger partial charge in [0.1, 0.15) is 0 Å². The van der Waals surface area contributed by atoms with Crippen molar-refractivity contribution >= 4 is 83.4 Å². The van der Waals surface area contributed by atoms with Gasteiger partial charge in [0, 0.05) is 0 Å². The van der Waals surface area contributed by atoms with Gasteiger partial charge in [-0.15, -0.1) is 0 Å². The normalized spacial score (nSPS) is 12.4. The summed E-state index contributed by atoms with van der Waals surface area (Å²) in [5.74, 6) is 0. The van der Waals surface area contributed by atoms with Gasteiger partial charge in [-0.3, -0.25) is 0 Å². The van der Waals surface area contributed by atoms with E-state index in [1.165, 1.54) is 0 Å². The first-order valence-electron chi connectivity index (χ1n) is 7.02. The second-order valence-electron chi connectivity index (χ2n) is 5.51. The monoisotopic (exact) mass is 546 g/mol. The van der Waals surface area contributed by atoms with E-state index in [0.717, 1.165) is 0 Å². The summed E-state index contributed by atoms with van der Waals surface area (Å²) >= 11 is 19.9. The SMILES string of the molecule is CC(C)OP(=S)([S-])OC(C)C.CC(C)OP(=S)([S-])OC(C)C.[Sn+2]. The fourth-order valence-electron chi connectivity index (χ4n) is 1.08. The molecular weight excluding hydrogens is 517 g/mol. The van der Waals surface area contributed by atoms with Crippen LogP contribution in [0.5, 0.6) is 0 Å². The summed E-state index contributed by atoms with van der Waals surface area (Å²) < 4.78 is 21.1. The Morgan fingerprint density at radius 3 is 0.783 bits per heavy atom. The molecule has 0 heterocycles. The zero-order valence-corrected chi connectivity index (χ0v) is 22.9. The van der Waals surface area contributed by atoms with E-state index < -0.39 is 11.4 Å². The van der Waals surface area contributed by atoms with Gasteiger partial charge in [-0.2, -0.15) is 0 Å². The van der Waals surface area contributed by atoms with Crippen LogP contribution >= 0.6 is 11.4 Å². The first-order valence-corrected chi connectivity index (χ1v) is 14.3. The van der Waals surface area contributed by atoms with Gasteiger partial charge in [0.05, 0.1) is 35.8 Å². The van der Waals surface area contributed by atoms with Crippen LogP contribution in [-0.4, -0.2) is 48.3 Å². The quantitative estimate of drug-likeness (QED) is 0.244. The second kappa shape index (κ2) is 14.7. The Kier molecular flexibility index (Phi) is 19.4. The van der Waals surface area contributed by atoms with Crippen LogP contribution in [0.4, 0.5) is 0 Å². The molecule has 0 unspecified atom stereocenters. The van der Waals surface area contributed by atoms with E-state index in [1.54, 1.807) is 0 Å². The summed E-state index contributed by atoms with van der Waals surface area (Å²) in [7, 11) is 0. The molecule has 0 saturated heterocycles. The third-order valence-electron chi connectivity index (χ3n) is 1.36. The number of hydrogen-bond acceptors (Lipinski definition) is 8. The standard InChI is InChI=1S/2C6H15O2PS2.Sn/c2*1-5(2)7-9(10,11)8-6(3)4;/h2*5-6H,1-4H3,(H,10,11);/q;;+2/p-2. The van der Waals surface area contributed by atoms with E-state index in [2.05, 4.69) is 0 Å². The molecule has 4 nitrogen and oxygen atoms in total. The van der Waals surface area contributed by atoms with E-state index in [9.17, 15) is 0 Å². The van der Waals surface area contributed by atoms with Crippen molar-refractivity contribution in [2.75, 3.05) is 0 Å². The molecule has 0 aromatic heterocycles.